The average molecular weight is 650 g/mol. The number of hydrazine groups is 1. The summed E-state index contributed by atoms with van der Waals surface area (Å²) in [7, 11) is 5.50. The highest BCUT2D eigenvalue weighted by Gasteiger charge is 2.30. The summed E-state index contributed by atoms with van der Waals surface area (Å²) in [6, 6.07) is 13.2. The van der Waals surface area contributed by atoms with Gasteiger partial charge in [-0.2, -0.15) is 0 Å². The molecule has 1 aromatic carbocycles. The lowest BCUT2D eigenvalue weighted by atomic mass is 10.1. The van der Waals surface area contributed by atoms with Crippen LogP contribution in [0.5, 0.6) is 5.75 Å². The normalized spacial score (nSPS) is 17.6. The zero-order valence-corrected chi connectivity index (χ0v) is 28.4. The molecule has 0 unspecified atom stereocenters. The van der Waals surface area contributed by atoms with E-state index in [1.54, 1.807) is 18.2 Å². The van der Waals surface area contributed by atoms with Crippen LogP contribution >= 0.6 is 0 Å². The number of benzene rings is 1. The number of aryl methyl sites for hydroxylation is 3. The molecule has 48 heavy (non-hydrogen) atoms. The van der Waals surface area contributed by atoms with Gasteiger partial charge in [0.2, 0.25) is 0 Å². The summed E-state index contributed by atoms with van der Waals surface area (Å²) in [5.41, 5.74) is 12.8. The number of pyridine rings is 2. The van der Waals surface area contributed by atoms with Crippen molar-refractivity contribution in [2.24, 2.45) is 18.7 Å². The number of ether oxygens (including phenoxy) is 1. The van der Waals surface area contributed by atoms with E-state index in [0.29, 0.717) is 35.0 Å². The number of carbonyl (C=O) groups is 2. The number of fused-ring (bicyclic) bond motifs is 2. The van der Waals surface area contributed by atoms with Crippen LogP contribution in [0.4, 0.5) is 0 Å². The van der Waals surface area contributed by atoms with E-state index in [1.165, 1.54) is 12.8 Å². The van der Waals surface area contributed by atoms with Gasteiger partial charge in [0, 0.05) is 49.9 Å². The van der Waals surface area contributed by atoms with E-state index >= 15 is 0 Å². The highest BCUT2D eigenvalue weighted by Crippen LogP contribution is 2.38. The van der Waals surface area contributed by atoms with Crippen LogP contribution in [0.25, 0.3) is 33.6 Å². The SMILES string of the molecule is COc1cc(C(=O)N2C[C@H](N)CCN2C)cc2nc(-c3cc4ccc([C@@H](C)NC(=O)c5nc(C)ccc5C)nc4n3CC3CC3)n(C)c12. The van der Waals surface area contributed by atoms with Gasteiger partial charge in [-0.15, -0.1) is 0 Å². The summed E-state index contributed by atoms with van der Waals surface area (Å²) in [5.74, 6) is 1.55. The van der Waals surface area contributed by atoms with Gasteiger partial charge in [0.15, 0.2) is 5.82 Å². The van der Waals surface area contributed by atoms with Gasteiger partial charge in [0.1, 0.15) is 22.6 Å². The Hall–Kier alpha value is -4.81. The fourth-order valence-corrected chi connectivity index (χ4v) is 6.64. The molecule has 2 amide bonds. The maximum absolute atomic E-state index is 13.7. The molecule has 2 atom stereocenters. The largest absolute Gasteiger partial charge is 0.494 e. The Bertz CT molecular complexity index is 2060. The van der Waals surface area contributed by atoms with Crippen molar-refractivity contribution in [3.05, 3.63) is 70.7 Å². The summed E-state index contributed by atoms with van der Waals surface area (Å²) in [4.78, 5) is 41.5. The summed E-state index contributed by atoms with van der Waals surface area (Å²) in [5, 5.41) is 7.72. The van der Waals surface area contributed by atoms with Crippen molar-refractivity contribution in [3.63, 3.8) is 0 Å². The maximum Gasteiger partial charge on any atom is 0.270 e. The number of nitrogens with zero attached hydrogens (tertiary/aromatic N) is 7. The number of methoxy groups -OCH3 is 1. The van der Waals surface area contributed by atoms with E-state index in [9.17, 15) is 9.59 Å². The monoisotopic (exact) mass is 649 g/mol. The minimum Gasteiger partial charge on any atom is -0.494 e. The van der Waals surface area contributed by atoms with Crippen molar-refractivity contribution in [2.75, 3.05) is 27.2 Å². The average Bonchev–Trinajstić information content (AvgIpc) is 3.75. The number of amides is 2. The first-order chi connectivity index (χ1) is 23.0. The molecule has 4 aromatic heterocycles. The van der Waals surface area contributed by atoms with Crippen LogP contribution in [0, 0.1) is 19.8 Å². The molecule has 2 aliphatic rings. The summed E-state index contributed by atoms with van der Waals surface area (Å²) >= 11 is 0. The van der Waals surface area contributed by atoms with Crippen molar-refractivity contribution in [1.82, 2.24) is 39.4 Å². The Morgan fingerprint density at radius 2 is 1.83 bits per heavy atom. The van der Waals surface area contributed by atoms with Crippen molar-refractivity contribution in [3.8, 4) is 17.3 Å². The highest BCUT2D eigenvalue weighted by molar-refractivity contribution is 6.00. The van der Waals surface area contributed by atoms with Crippen LogP contribution in [-0.2, 0) is 13.6 Å². The molecule has 1 aliphatic heterocycles. The Labute approximate surface area is 279 Å². The van der Waals surface area contributed by atoms with Crippen LogP contribution in [0.1, 0.15) is 70.0 Å². The van der Waals surface area contributed by atoms with Gasteiger partial charge in [0.05, 0.1) is 36.6 Å². The van der Waals surface area contributed by atoms with E-state index in [-0.39, 0.29) is 23.9 Å². The van der Waals surface area contributed by atoms with Crippen LogP contribution in [0.2, 0.25) is 0 Å². The minimum atomic E-state index is -0.333. The van der Waals surface area contributed by atoms with Gasteiger partial charge >= 0.3 is 0 Å². The lowest BCUT2D eigenvalue weighted by Crippen LogP contribution is -2.55. The van der Waals surface area contributed by atoms with Crippen molar-refractivity contribution >= 4 is 33.9 Å². The number of aromatic nitrogens is 5. The lowest BCUT2D eigenvalue weighted by molar-refractivity contribution is -0.0168. The van der Waals surface area contributed by atoms with E-state index in [4.69, 9.17) is 20.4 Å². The molecule has 12 heteroatoms. The van der Waals surface area contributed by atoms with Crippen molar-refractivity contribution in [1.29, 1.82) is 0 Å². The lowest BCUT2D eigenvalue weighted by Gasteiger charge is -2.38. The molecule has 1 aliphatic carbocycles. The Morgan fingerprint density at radius 1 is 1.04 bits per heavy atom. The van der Waals surface area contributed by atoms with E-state index < -0.39 is 0 Å². The molecule has 1 saturated heterocycles. The maximum atomic E-state index is 13.7. The van der Waals surface area contributed by atoms with Crippen LogP contribution in [-0.4, -0.2) is 79.2 Å². The first-order valence-electron chi connectivity index (χ1n) is 16.6. The number of nitrogens with one attached hydrogen (secondary N) is 1. The molecule has 3 N–H and O–H groups in total. The quantitative estimate of drug-likeness (QED) is 0.250. The first-order valence-corrected chi connectivity index (χ1v) is 16.6. The molecular weight excluding hydrogens is 606 g/mol. The number of hydrogen-bond acceptors (Lipinski definition) is 8. The van der Waals surface area contributed by atoms with Gasteiger partial charge in [0.25, 0.3) is 11.8 Å². The molecule has 0 radical (unpaired) electrons. The molecule has 7 rings (SSSR count). The number of hydrogen-bond donors (Lipinski definition) is 2. The zero-order valence-electron chi connectivity index (χ0n) is 28.4. The molecule has 5 heterocycles. The molecule has 2 fully saturated rings. The predicted molar refractivity (Wildman–Crippen MR) is 185 cm³/mol. The van der Waals surface area contributed by atoms with Gasteiger partial charge in [-0.05, 0) is 87.9 Å². The zero-order chi connectivity index (χ0) is 33.9. The standard InChI is InChI=1S/C36H43N9O3/c1-20-7-8-21(2)38-31(20)35(46)39-22(3)27-12-11-24-16-29(44(33(24)40-27)18-23-9-10-23)34-41-28-15-25(17-30(48-6)32(28)43(34)5)36(47)45-19-26(37)13-14-42(45)4/h7-8,11-12,15-17,22-23,26H,9-10,13-14,18-19,37H2,1-6H3,(H,39,46)/t22-,26-/m1/s1. The molecule has 12 nitrogen and oxygen atoms in total. The van der Waals surface area contributed by atoms with E-state index in [1.807, 2.05) is 68.7 Å². The molecular formula is C36H43N9O3. The fraction of sp³-hybridized carbons (Fsp3) is 0.417. The van der Waals surface area contributed by atoms with Crippen LogP contribution in [0.3, 0.4) is 0 Å². The van der Waals surface area contributed by atoms with Gasteiger partial charge in [-0.25, -0.2) is 20.0 Å². The predicted octanol–water partition coefficient (Wildman–Crippen LogP) is 4.53. The van der Waals surface area contributed by atoms with E-state index in [0.717, 1.165) is 64.5 Å². The van der Waals surface area contributed by atoms with Crippen molar-refractivity contribution < 1.29 is 14.3 Å². The Morgan fingerprint density at radius 3 is 2.58 bits per heavy atom. The summed E-state index contributed by atoms with van der Waals surface area (Å²) in [6.45, 7) is 7.71. The second kappa shape index (κ2) is 12.3. The molecule has 5 aromatic rings. The highest BCUT2D eigenvalue weighted by atomic mass is 16.5. The molecule has 0 spiro atoms. The van der Waals surface area contributed by atoms with Crippen molar-refractivity contribution in [2.45, 2.75) is 58.7 Å². The summed E-state index contributed by atoms with van der Waals surface area (Å²) < 4.78 is 10.1. The Balaban J connectivity index is 1.26. The molecule has 1 saturated carbocycles. The smallest absolute Gasteiger partial charge is 0.270 e. The number of nitrogens with two attached hydrogens (primary N) is 1. The van der Waals surface area contributed by atoms with Gasteiger partial charge in [-0.1, -0.05) is 6.07 Å². The summed E-state index contributed by atoms with van der Waals surface area (Å²) in [6.07, 6.45) is 3.19. The number of imidazole rings is 1. The fourth-order valence-electron chi connectivity index (χ4n) is 6.64. The molecule has 250 valence electrons. The minimum absolute atomic E-state index is 0.0617. The topological polar surface area (TPSA) is 136 Å². The second-order valence-electron chi connectivity index (χ2n) is 13.4. The Kier molecular flexibility index (Phi) is 8.16. The second-order valence-corrected chi connectivity index (χ2v) is 13.4. The number of rotatable bonds is 8. The van der Waals surface area contributed by atoms with Gasteiger partial charge in [-0.3, -0.25) is 14.6 Å². The third kappa shape index (κ3) is 5.79. The molecule has 0 bridgehead atoms. The third-order valence-corrected chi connectivity index (χ3v) is 9.65. The van der Waals surface area contributed by atoms with Crippen LogP contribution < -0.4 is 15.8 Å². The first kappa shape index (κ1) is 31.8. The van der Waals surface area contributed by atoms with Gasteiger partial charge < -0.3 is 24.9 Å². The number of carbonyl (C=O) groups excluding carboxylic acids is 2. The van der Waals surface area contributed by atoms with Crippen LogP contribution in [0.15, 0.2) is 42.5 Å². The third-order valence-electron chi connectivity index (χ3n) is 9.65. The van der Waals surface area contributed by atoms with E-state index in [2.05, 4.69) is 27.0 Å².